The smallest absolute Gasteiger partial charge is 0.264 e. The average Bonchev–Trinajstić information content (AvgIpc) is 2.49. The molecule has 6 heteroatoms. The van der Waals surface area contributed by atoms with E-state index in [1.54, 1.807) is 31.2 Å². The Bertz CT molecular complexity index is 720. The molecule has 2 aromatic rings. The molecule has 0 bridgehead atoms. The van der Waals surface area contributed by atoms with Crippen molar-refractivity contribution < 1.29 is 12.8 Å². The number of alkyl halides is 1. The lowest BCUT2D eigenvalue weighted by molar-refractivity contribution is 0.589. The minimum Gasteiger partial charge on any atom is -0.267 e. The van der Waals surface area contributed by atoms with Crippen molar-refractivity contribution in [2.75, 3.05) is 10.8 Å². The molecule has 0 saturated heterocycles. The van der Waals surface area contributed by atoms with Crippen LogP contribution in [0, 0.1) is 5.82 Å². The fourth-order valence-corrected chi connectivity index (χ4v) is 3.76. The number of nitrogens with zero attached hydrogens (tertiary/aromatic N) is 1. The summed E-state index contributed by atoms with van der Waals surface area (Å²) in [7, 11) is -3.75. The number of benzene rings is 2. The molecule has 2 aromatic carbocycles. The molecule has 0 spiro atoms. The third-order valence-electron chi connectivity index (χ3n) is 3.08. The molecule has 0 unspecified atom stereocenters. The van der Waals surface area contributed by atoms with E-state index in [1.165, 1.54) is 16.4 Å². The van der Waals surface area contributed by atoms with Gasteiger partial charge in [0, 0.05) is 12.1 Å². The van der Waals surface area contributed by atoms with Crippen LogP contribution in [0.4, 0.5) is 10.1 Å². The van der Waals surface area contributed by atoms with Crippen molar-refractivity contribution in [1.29, 1.82) is 0 Å². The van der Waals surface area contributed by atoms with E-state index in [-0.39, 0.29) is 22.9 Å². The highest BCUT2D eigenvalue weighted by atomic mass is 35.5. The number of rotatable bonds is 5. The van der Waals surface area contributed by atoms with Crippen LogP contribution >= 0.6 is 11.6 Å². The van der Waals surface area contributed by atoms with Gasteiger partial charge in [0.05, 0.1) is 16.5 Å². The van der Waals surface area contributed by atoms with Crippen molar-refractivity contribution in [3.63, 3.8) is 0 Å². The number of hydrogen-bond acceptors (Lipinski definition) is 2. The molecule has 3 nitrogen and oxygen atoms in total. The molecule has 2 rings (SSSR count). The summed E-state index contributed by atoms with van der Waals surface area (Å²) in [4.78, 5) is 0.0326. The van der Waals surface area contributed by atoms with Crippen molar-refractivity contribution in [2.45, 2.75) is 17.7 Å². The van der Waals surface area contributed by atoms with E-state index in [9.17, 15) is 12.8 Å². The third kappa shape index (κ3) is 3.19. The highest BCUT2D eigenvalue weighted by Gasteiger charge is 2.24. The Labute approximate surface area is 129 Å². The van der Waals surface area contributed by atoms with Crippen molar-refractivity contribution in [1.82, 2.24) is 0 Å². The summed E-state index contributed by atoms with van der Waals surface area (Å²) in [6.07, 6.45) is 0. The lowest BCUT2D eigenvalue weighted by atomic mass is 10.2. The van der Waals surface area contributed by atoms with Crippen LogP contribution < -0.4 is 4.31 Å². The van der Waals surface area contributed by atoms with Gasteiger partial charge in [-0.05, 0) is 37.3 Å². The molecule has 0 aromatic heterocycles. The van der Waals surface area contributed by atoms with Crippen molar-refractivity contribution >= 4 is 27.3 Å². The Hall–Kier alpha value is -1.59. The van der Waals surface area contributed by atoms with Crippen LogP contribution in [0.5, 0.6) is 0 Å². The maximum absolute atomic E-state index is 13.5. The van der Waals surface area contributed by atoms with Gasteiger partial charge in [0.1, 0.15) is 5.82 Å². The summed E-state index contributed by atoms with van der Waals surface area (Å²) in [6, 6.07) is 12.4. The summed E-state index contributed by atoms with van der Waals surface area (Å²) < 4.78 is 40.2. The molecule has 0 N–H and O–H groups in total. The Balaban J connectivity index is 2.50. The van der Waals surface area contributed by atoms with Crippen LogP contribution in [0.15, 0.2) is 53.4 Å². The van der Waals surface area contributed by atoms with Crippen LogP contribution in [-0.4, -0.2) is 15.0 Å². The number of sulfonamides is 1. The standard InChI is InChI=1S/C15H15ClFNO2S/c1-2-18(13-6-4-3-5-7-13)21(19,20)14-8-9-15(17)12(10-14)11-16/h3-10H,2,11H2,1H3. The second kappa shape index (κ2) is 6.45. The molecule has 0 aliphatic carbocycles. The van der Waals surface area contributed by atoms with E-state index >= 15 is 0 Å². The van der Waals surface area contributed by atoms with Gasteiger partial charge in [-0.3, -0.25) is 4.31 Å². The number of halogens is 2. The minimum atomic E-state index is -3.75. The maximum atomic E-state index is 13.5. The molecular weight excluding hydrogens is 313 g/mol. The van der Waals surface area contributed by atoms with E-state index in [0.29, 0.717) is 5.69 Å². The normalized spacial score (nSPS) is 11.4. The molecule has 0 aliphatic heterocycles. The third-order valence-corrected chi connectivity index (χ3v) is 5.27. The monoisotopic (exact) mass is 327 g/mol. The zero-order valence-electron chi connectivity index (χ0n) is 11.5. The second-order valence-corrected chi connectivity index (χ2v) is 6.52. The van der Waals surface area contributed by atoms with E-state index in [0.717, 1.165) is 6.07 Å². The van der Waals surface area contributed by atoms with Crippen molar-refractivity contribution in [3.05, 3.63) is 59.9 Å². The van der Waals surface area contributed by atoms with Gasteiger partial charge in [0.25, 0.3) is 10.0 Å². The van der Waals surface area contributed by atoms with Gasteiger partial charge in [-0.15, -0.1) is 11.6 Å². The van der Waals surface area contributed by atoms with Gasteiger partial charge in [0.2, 0.25) is 0 Å². The van der Waals surface area contributed by atoms with Crippen molar-refractivity contribution in [2.24, 2.45) is 0 Å². The van der Waals surface area contributed by atoms with E-state index in [2.05, 4.69) is 0 Å². The first-order chi connectivity index (χ1) is 10.0. The van der Waals surface area contributed by atoms with Crippen LogP contribution in [0.2, 0.25) is 0 Å². The minimum absolute atomic E-state index is 0.0326. The van der Waals surface area contributed by atoms with Gasteiger partial charge in [-0.1, -0.05) is 18.2 Å². The summed E-state index contributed by atoms with van der Waals surface area (Å²) >= 11 is 5.64. The van der Waals surface area contributed by atoms with Crippen LogP contribution in [0.25, 0.3) is 0 Å². The zero-order valence-corrected chi connectivity index (χ0v) is 13.0. The molecule has 112 valence electrons. The van der Waals surface area contributed by atoms with Gasteiger partial charge >= 0.3 is 0 Å². The summed E-state index contributed by atoms with van der Waals surface area (Å²) in [5.41, 5.74) is 0.735. The Morgan fingerprint density at radius 3 is 2.38 bits per heavy atom. The molecule has 0 atom stereocenters. The Kier molecular flexibility index (Phi) is 4.85. The quantitative estimate of drug-likeness (QED) is 0.784. The molecule has 21 heavy (non-hydrogen) atoms. The first kappa shape index (κ1) is 15.8. The molecule has 0 amide bonds. The fourth-order valence-electron chi connectivity index (χ4n) is 2.03. The Morgan fingerprint density at radius 2 is 1.81 bits per heavy atom. The molecule has 0 aliphatic rings. The highest BCUT2D eigenvalue weighted by molar-refractivity contribution is 7.92. The topological polar surface area (TPSA) is 37.4 Å². The largest absolute Gasteiger partial charge is 0.267 e. The van der Waals surface area contributed by atoms with E-state index in [1.807, 2.05) is 6.07 Å². The molecular formula is C15H15ClFNO2S. The first-order valence-electron chi connectivity index (χ1n) is 6.43. The summed E-state index contributed by atoms with van der Waals surface area (Å²) in [5, 5.41) is 0. The van der Waals surface area contributed by atoms with Crippen LogP contribution in [-0.2, 0) is 15.9 Å². The summed E-state index contributed by atoms with van der Waals surface area (Å²) in [5.74, 6) is -0.584. The predicted octanol–water partition coefficient (Wildman–Crippen LogP) is 3.78. The van der Waals surface area contributed by atoms with E-state index < -0.39 is 15.8 Å². The first-order valence-corrected chi connectivity index (χ1v) is 8.40. The summed E-state index contributed by atoms with van der Waals surface area (Å²) in [6.45, 7) is 2.02. The van der Waals surface area contributed by atoms with Crippen molar-refractivity contribution in [3.8, 4) is 0 Å². The number of anilines is 1. The molecule has 0 fully saturated rings. The Morgan fingerprint density at radius 1 is 1.14 bits per heavy atom. The fraction of sp³-hybridized carbons (Fsp3) is 0.200. The maximum Gasteiger partial charge on any atom is 0.264 e. The van der Waals surface area contributed by atoms with Crippen LogP contribution in [0.1, 0.15) is 12.5 Å². The van der Waals surface area contributed by atoms with Gasteiger partial charge < -0.3 is 0 Å². The van der Waals surface area contributed by atoms with Crippen LogP contribution in [0.3, 0.4) is 0 Å². The number of hydrogen-bond donors (Lipinski definition) is 0. The predicted molar refractivity (Wildman–Crippen MR) is 82.6 cm³/mol. The van der Waals surface area contributed by atoms with Gasteiger partial charge in [0.15, 0.2) is 0 Å². The van der Waals surface area contributed by atoms with E-state index in [4.69, 9.17) is 11.6 Å². The lowest BCUT2D eigenvalue weighted by Gasteiger charge is -2.23. The lowest BCUT2D eigenvalue weighted by Crippen LogP contribution is -2.30. The van der Waals surface area contributed by atoms with Gasteiger partial charge in [-0.2, -0.15) is 0 Å². The SMILES string of the molecule is CCN(c1ccccc1)S(=O)(=O)c1ccc(F)c(CCl)c1. The average molecular weight is 328 g/mol. The second-order valence-electron chi connectivity index (χ2n) is 4.39. The van der Waals surface area contributed by atoms with Gasteiger partial charge in [-0.25, -0.2) is 12.8 Å². The number of para-hydroxylation sites is 1. The zero-order chi connectivity index (χ0) is 15.5. The molecule has 0 saturated carbocycles. The molecule has 0 radical (unpaired) electrons. The molecule has 0 heterocycles. The highest BCUT2D eigenvalue weighted by Crippen LogP contribution is 2.25.